The van der Waals surface area contributed by atoms with E-state index in [0.717, 1.165) is 37.3 Å². The van der Waals surface area contributed by atoms with Gasteiger partial charge in [-0.05, 0) is 36.2 Å². The van der Waals surface area contributed by atoms with Gasteiger partial charge in [-0.3, -0.25) is 4.79 Å². The molecule has 1 N–H and O–H groups in total. The first-order chi connectivity index (χ1) is 17.7. The largest absolute Gasteiger partial charge is 0.368 e. The van der Waals surface area contributed by atoms with Crippen LogP contribution in [0.5, 0.6) is 0 Å². The molecule has 0 unspecified atom stereocenters. The van der Waals surface area contributed by atoms with Crippen molar-refractivity contribution in [1.82, 2.24) is 15.3 Å². The monoisotopic (exact) mass is 476 g/mol. The molecule has 2 heterocycles. The summed E-state index contributed by atoms with van der Waals surface area (Å²) < 4.78 is 0. The second kappa shape index (κ2) is 10.9. The molecule has 1 amide bonds. The second-order valence-corrected chi connectivity index (χ2v) is 8.82. The molecule has 0 radical (unpaired) electrons. The fourth-order valence-electron chi connectivity index (χ4n) is 4.57. The summed E-state index contributed by atoms with van der Waals surface area (Å²) in [5, 5.41) is 13.0. The SMILES string of the molecule is N#C[C@H](C(=O)NCCc1ccccc1)c1nc2ccccc2nc1N1CCN(c2ccccc2)CC1. The number of nitrogens with zero attached hydrogens (tertiary/aromatic N) is 5. The highest BCUT2D eigenvalue weighted by molar-refractivity contribution is 5.89. The summed E-state index contributed by atoms with van der Waals surface area (Å²) in [6, 6.07) is 30.1. The molecule has 0 spiro atoms. The van der Waals surface area contributed by atoms with Crippen LogP contribution in [0.2, 0.25) is 0 Å². The zero-order valence-electron chi connectivity index (χ0n) is 20.0. The maximum absolute atomic E-state index is 13.1. The Morgan fingerprint density at radius 1 is 0.833 bits per heavy atom. The third-order valence-corrected chi connectivity index (χ3v) is 6.50. The highest BCUT2D eigenvalue weighted by Gasteiger charge is 2.30. The maximum Gasteiger partial charge on any atom is 0.243 e. The van der Waals surface area contributed by atoms with Crippen molar-refractivity contribution < 1.29 is 4.79 Å². The highest BCUT2D eigenvalue weighted by Crippen LogP contribution is 2.29. The van der Waals surface area contributed by atoms with Gasteiger partial charge in [-0.2, -0.15) is 5.26 Å². The van der Waals surface area contributed by atoms with E-state index < -0.39 is 5.92 Å². The Bertz CT molecular complexity index is 1360. The van der Waals surface area contributed by atoms with Gasteiger partial charge in [-0.25, -0.2) is 9.97 Å². The molecular formula is C29H28N6O. The average Bonchev–Trinajstić information content (AvgIpc) is 2.94. The van der Waals surface area contributed by atoms with Crippen molar-refractivity contribution in [3.63, 3.8) is 0 Å². The predicted molar refractivity (Wildman–Crippen MR) is 142 cm³/mol. The number of benzene rings is 3. The van der Waals surface area contributed by atoms with Crippen LogP contribution in [0.25, 0.3) is 11.0 Å². The number of rotatable bonds is 7. The molecule has 7 nitrogen and oxygen atoms in total. The van der Waals surface area contributed by atoms with Crippen LogP contribution in [-0.2, 0) is 11.2 Å². The number of hydrogen-bond donors (Lipinski definition) is 1. The Labute approximate surface area is 211 Å². The van der Waals surface area contributed by atoms with Gasteiger partial charge in [0, 0.05) is 38.4 Å². The van der Waals surface area contributed by atoms with E-state index in [1.165, 1.54) is 5.69 Å². The van der Waals surface area contributed by atoms with Crippen molar-refractivity contribution in [1.29, 1.82) is 5.26 Å². The number of nitrogens with one attached hydrogen (secondary N) is 1. The van der Waals surface area contributed by atoms with Gasteiger partial charge in [0.05, 0.1) is 17.1 Å². The first-order valence-electron chi connectivity index (χ1n) is 12.3. The number of carbonyl (C=O) groups excluding carboxylic acids is 1. The van der Waals surface area contributed by atoms with Gasteiger partial charge in [-0.15, -0.1) is 0 Å². The molecule has 1 fully saturated rings. The lowest BCUT2D eigenvalue weighted by molar-refractivity contribution is -0.121. The Kier molecular flexibility index (Phi) is 7.04. The third-order valence-electron chi connectivity index (χ3n) is 6.50. The number of piperazine rings is 1. The molecule has 1 aromatic heterocycles. The minimum Gasteiger partial charge on any atom is -0.368 e. The van der Waals surface area contributed by atoms with E-state index in [4.69, 9.17) is 9.97 Å². The van der Waals surface area contributed by atoms with Crippen molar-refractivity contribution in [2.45, 2.75) is 12.3 Å². The van der Waals surface area contributed by atoms with Crippen molar-refractivity contribution in [2.24, 2.45) is 0 Å². The van der Waals surface area contributed by atoms with Crippen LogP contribution < -0.4 is 15.1 Å². The van der Waals surface area contributed by atoms with E-state index in [-0.39, 0.29) is 5.91 Å². The zero-order chi connectivity index (χ0) is 24.7. The van der Waals surface area contributed by atoms with Crippen molar-refractivity contribution in [3.8, 4) is 6.07 Å². The van der Waals surface area contributed by atoms with E-state index in [0.29, 0.717) is 30.0 Å². The molecular weight excluding hydrogens is 448 g/mol. The van der Waals surface area contributed by atoms with E-state index in [1.54, 1.807) is 0 Å². The minimum atomic E-state index is -1.04. The Morgan fingerprint density at radius 3 is 2.08 bits per heavy atom. The van der Waals surface area contributed by atoms with Gasteiger partial charge in [0.25, 0.3) is 0 Å². The quantitative estimate of drug-likeness (QED) is 0.435. The molecule has 1 aliphatic heterocycles. The third kappa shape index (κ3) is 5.13. The lowest BCUT2D eigenvalue weighted by Crippen LogP contribution is -2.47. The molecule has 0 aliphatic carbocycles. The summed E-state index contributed by atoms with van der Waals surface area (Å²) in [5.41, 5.74) is 4.17. The molecule has 0 saturated carbocycles. The molecule has 3 aromatic carbocycles. The number of anilines is 2. The Hall–Kier alpha value is -4.44. The van der Waals surface area contributed by atoms with E-state index in [1.807, 2.05) is 72.8 Å². The van der Waals surface area contributed by atoms with Crippen LogP contribution in [0, 0.1) is 11.3 Å². The van der Waals surface area contributed by atoms with Gasteiger partial charge in [-0.1, -0.05) is 60.7 Å². The zero-order valence-corrected chi connectivity index (χ0v) is 20.0. The summed E-state index contributed by atoms with van der Waals surface area (Å²) in [5.74, 6) is -0.770. The number of fused-ring (bicyclic) bond motifs is 1. The van der Waals surface area contributed by atoms with E-state index >= 15 is 0 Å². The summed E-state index contributed by atoms with van der Waals surface area (Å²) in [6.07, 6.45) is 0.697. The molecule has 1 atom stereocenters. The molecule has 0 bridgehead atoms. The number of amides is 1. The average molecular weight is 477 g/mol. The first kappa shape index (κ1) is 23.3. The first-order valence-corrected chi connectivity index (χ1v) is 12.3. The summed E-state index contributed by atoms with van der Waals surface area (Å²) in [7, 11) is 0. The Balaban J connectivity index is 1.37. The van der Waals surface area contributed by atoms with Gasteiger partial charge in [0.1, 0.15) is 5.69 Å². The number of carbonyl (C=O) groups is 1. The van der Waals surface area contributed by atoms with Crippen LogP contribution in [0.3, 0.4) is 0 Å². The molecule has 1 aliphatic rings. The van der Waals surface area contributed by atoms with Crippen molar-refractivity contribution in [3.05, 3.63) is 96.2 Å². The predicted octanol–water partition coefficient (Wildman–Crippen LogP) is 3.92. The summed E-state index contributed by atoms with van der Waals surface area (Å²) in [6.45, 7) is 3.54. The molecule has 4 aromatic rings. The minimum absolute atomic E-state index is 0.345. The number of aromatic nitrogens is 2. The van der Waals surface area contributed by atoms with Crippen LogP contribution >= 0.6 is 0 Å². The fourth-order valence-corrected chi connectivity index (χ4v) is 4.57. The van der Waals surface area contributed by atoms with Crippen LogP contribution in [-0.4, -0.2) is 48.6 Å². The smallest absolute Gasteiger partial charge is 0.243 e. The van der Waals surface area contributed by atoms with Gasteiger partial charge in [0.2, 0.25) is 5.91 Å². The number of nitriles is 1. The molecule has 180 valence electrons. The summed E-state index contributed by atoms with van der Waals surface area (Å²) in [4.78, 5) is 27.3. The topological polar surface area (TPSA) is 85.1 Å². The lowest BCUT2D eigenvalue weighted by Gasteiger charge is -2.37. The molecule has 7 heteroatoms. The van der Waals surface area contributed by atoms with Gasteiger partial charge in [0.15, 0.2) is 11.7 Å². The van der Waals surface area contributed by atoms with Crippen LogP contribution in [0.4, 0.5) is 11.5 Å². The van der Waals surface area contributed by atoms with Crippen molar-refractivity contribution >= 4 is 28.4 Å². The Morgan fingerprint density at radius 2 is 1.42 bits per heavy atom. The number of hydrogen-bond acceptors (Lipinski definition) is 6. The van der Waals surface area contributed by atoms with Crippen molar-refractivity contribution in [2.75, 3.05) is 42.5 Å². The molecule has 5 rings (SSSR count). The van der Waals surface area contributed by atoms with Crippen LogP contribution in [0.1, 0.15) is 17.2 Å². The number of para-hydroxylation sites is 3. The second-order valence-electron chi connectivity index (χ2n) is 8.82. The van der Waals surface area contributed by atoms with E-state index in [9.17, 15) is 10.1 Å². The lowest BCUT2D eigenvalue weighted by atomic mass is 10.0. The standard InChI is InChI=1S/C29H28N6O/c30-21-24(29(36)31-16-15-22-9-3-1-4-10-22)27-28(33-26-14-8-7-13-25(26)32-27)35-19-17-34(18-20-35)23-11-5-2-6-12-23/h1-14,24H,15-20H2,(H,31,36)/t24-/m0/s1. The maximum atomic E-state index is 13.1. The van der Waals surface area contributed by atoms with E-state index in [2.05, 4.69) is 33.3 Å². The normalized spacial score (nSPS) is 14.3. The van der Waals surface area contributed by atoms with Gasteiger partial charge < -0.3 is 15.1 Å². The fraction of sp³-hybridized carbons (Fsp3) is 0.241. The van der Waals surface area contributed by atoms with Gasteiger partial charge >= 0.3 is 0 Å². The highest BCUT2D eigenvalue weighted by atomic mass is 16.1. The molecule has 1 saturated heterocycles. The molecule has 36 heavy (non-hydrogen) atoms. The van der Waals surface area contributed by atoms with Crippen LogP contribution in [0.15, 0.2) is 84.9 Å². The summed E-state index contributed by atoms with van der Waals surface area (Å²) >= 11 is 0.